The summed E-state index contributed by atoms with van der Waals surface area (Å²) in [7, 11) is 0. The minimum Gasteiger partial charge on any atom is -0.460 e. The number of aryl methyl sites for hydroxylation is 2. The molecular formula is C13H14N2O2S. The van der Waals surface area contributed by atoms with Crippen LogP contribution in [0.4, 0.5) is 0 Å². The van der Waals surface area contributed by atoms with E-state index in [-0.39, 0.29) is 5.91 Å². The van der Waals surface area contributed by atoms with Crippen molar-refractivity contribution >= 4 is 23.5 Å². The second kappa shape index (κ2) is 5.18. The number of nitrogens with zero attached hydrogens (tertiary/aromatic N) is 1. The summed E-state index contributed by atoms with van der Waals surface area (Å²) in [4.78, 5) is 13.0. The van der Waals surface area contributed by atoms with Crippen LogP contribution in [0.25, 0.3) is 0 Å². The molecule has 0 unspecified atom stereocenters. The second-order valence-electron chi connectivity index (χ2n) is 3.98. The maximum atomic E-state index is 11.8. The fourth-order valence-electron chi connectivity index (χ4n) is 1.48. The number of hydrogen-bond acceptors (Lipinski definition) is 4. The fourth-order valence-corrected chi connectivity index (χ4v) is 2.34. The number of nitrogens with one attached hydrogen (secondary N) is 1. The van der Waals surface area contributed by atoms with Crippen LogP contribution >= 0.6 is 11.3 Å². The number of rotatable bonds is 3. The highest BCUT2D eigenvalue weighted by molar-refractivity contribution is 7.10. The Kier molecular flexibility index (Phi) is 3.62. The van der Waals surface area contributed by atoms with E-state index in [2.05, 4.69) is 10.5 Å². The number of hydrogen-bond donors (Lipinski definition) is 1. The minimum atomic E-state index is -0.198. The average Bonchev–Trinajstić information content (AvgIpc) is 2.87. The zero-order valence-corrected chi connectivity index (χ0v) is 11.3. The van der Waals surface area contributed by atoms with Gasteiger partial charge in [-0.25, -0.2) is 5.43 Å². The Labute approximate surface area is 109 Å². The summed E-state index contributed by atoms with van der Waals surface area (Å²) >= 11 is 1.56. The van der Waals surface area contributed by atoms with Crippen LogP contribution in [-0.2, 0) is 0 Å². The summed E-state index contributed by atoms with van der Waals surface area (Å²) in [5.41, 5.74) is 4.16. The number of thiophene rings is 1. The molecule has 1 N–H and O–H groups in total. The zero-order chi connectivity index (χ0) is 13.1. The van der Waals surface area contributed by atoms with E-state index in [1.54, 1.807) is 17.4 Å². The molecule has 0 aliphatic heterocycles. The van der Waals surface area contributed by atoms with Crippen molar-refractivity contribution < 1.29 is 9.21 Å². The van der Waals surface area contributed by atoms with Crippen LogP contribution in [-0.4, -0.2) is 12.1 Å². The molecule has 0 aromatic carbocycles. The zero-order valence-electron chi connectivity index (χ0n) is 10.5. The van der Waals surface area contributed by atoms with E-state index in [0.717, 1.165) is 16.2 Å². The van der Waals surface area contributed by atoms with Gasteiger partial charge in [-0.3, -0.25) is 4.79 Å². The highest BCUT2D eigenvalue weighted by atomic mass is 32.1. The molecule has 0 radical (unpaired) electrons. The van der Waals surface area contributed by atoms with Crippen molar-refractivity contribution in [2.45, 2.75) is 20.8 Å². The lowest BCUT2D eigenvalue weighted by molar-refractivity contribution is 0.0955. The Hall–Kier alpha value is -1.88. The van der Waals surface area contributed by atoms with Crippen molar-refractivity contribution in [3.05, 3.63) is 45.0 Å². The number of amides is 1. The normalized spacial score (nSPS) is 11.1. The van der Waals surface area contributed by atoms with E-state index >= 15 is 0 Å². The summed E-state index contributed by atoms with van der Waals surface area (Å²) in [6, 6.07) is 3.64. The van der Waals surface area contributed by atoms with Gasteiger partial charge < -0.3 is 4.42 Å². The van der Waals surface area contributed by atoms with Crippen LogP contribution in [0.15, 0.2) is 27.0 Å². The van der Waals surface area contributed by atoms with Gasteiger partial charge in [-0.1, -0.05) is 0 Å². The Morgan fingerprint density at radius 2 is 2.17 bits per heavy atom. The first-order valence-electron chi connectivity index (χ1n) is 5.52. The van der Waals surface area contributed by atoms with E-state index < -0.39 is 0 Å². The predicted molar refractivity (Wildman–Crippen MR) is 72.3 cm³/mol. The lowest BCUT2D eigenvalue weighted by Gasteiger charge is -1.98. The quantitative estimate of drug-likeness (QED) is 0.682. The maximum Gasteiger partial charge on any atom is 0.272 e. The summed E-state index contributed by atoms with van der Waals surface area (Å²) in [5.74, 6) is 1.23. The smallest absolute Gasteiger partial charge is 0.272 e. The predicted octanol–water partition coefficient (Wildman–Crippen LogP) is 3.03. The van der Waals surface area contributed by atoms with Crippen molar-refractivity contribution in [1.29, 1.82) is 0 Å². The first-order chi connectivity index (χ1) is 8.58. The van der Waals surface area contributed by atoms with Crippen molar-refractivity contribution in [1.82, 2.24) is 5.43 Å². The molecule has 0 bridgehead atoms. The summed E-state index contributed by atoms with van der Waals surface area (Å²) < 4.78 is 5.30. The van der Waals surface area contributed by atoms with E-state index in [9.17, 15) is 4.79 Å². The Morgan fingerprint density at radius 1 is 1.39 bits per heavy atom. The largest absolute Gasteiger partial charge is 0.460 e. The lowest BCUT2D eigenvalue weighted by Crippen LogP contribution is -2.17. The van der Waals surface area contributed by atoms with Gasteiger partial charge in [0, 0.05) is 10.3 Å². The lowest BCUT2D eigenvalue weighted by atomic mass is 10.2. The number of hydrazone groups is 1. The SMILES string of the molecule is Cc1ccc(/C=N/NC(=O)c2csc(C)c2C)o1. The molecule has 1 amide bonds. The van der Waals surface area contributed by atoms with Gasteiger partial charge in [0.2, 0.25) is 0 Å². The van der Waals surface area contributed by atoms with Gasteiger partial charge in [0.25, 0.3) is 5.91 Å². The van der Waals surface area contributed by atoms with E-state index in [4.69, 9.17) is 4.42 Å². The molecule has 0 aliphatic carbocycles. The molecule has 0 fully saturated rings. The van der Waals surface area contributed by atoms with E-state index in [1.807, 2.05) is 32.2 Å². The monoisotopic (exact) mass is 262 g/mol. The van der Waals surface area contributed by atoms with Gasteiger partial charge in [0.05, 0.1) is 11.8 Å². The number of carbonyl (C=O) groups excluding carboxylic acids is 1. The summed E-state index contributed by atoms with van der Waals surface area (Å²) in [6.07, 6.45) is 1.49. The van der Waals surface area contributed by atoms with E-state index in [0.29, 0.717) is 11.3 Å². The molecule has 5 heteroatoms. The van der Waals surface area contributed by atoms with Gasteiger partial charge >= 0.3 is 0 Å². The van der Waals surface area contributed by atoms with Crippen molar-refractivity contribution in [3.8, 4) is 0 Å². The molecule has 0 spiro atoms. The average molecular weight is 262 g/mol. The standard InChI is InChI=1S/C13H14N2O2S/c1-8-4-5-11(17-8)6-14-15-13(16)12-7-18-10(3)9(12)2/h4-7H,1-3H3,(H,15,16)/b14-6+. The molecule has 2 heterocycles. The van der Waals surface area contributed by atoms with Crippen molar-refractivity contribution in [2.24, 2.45) is 5.10 Å². The number of furan rings is 1. The Morgan fingerprint density at radius 3 is 2.72 bits per heavy atom. The Bertz CT molecular complexity index is 596. The third kappa shape index (κ3) is 2.68. The molecule has 0 aliphatic rings. The van der Waals surface area contributed by atoms with Gasteiger partial charge in [-0.2, -0.15) is 5.10 Å². The maximum absolute atomic E-state index is 11.8. The van der Waals surface area contributed by atoms with Gasteiger partial charge in [0.15, 0.2) is 0 Å². The van der Waals surface area contributed by atoms with Gasteiger partial charge in [0.1, 0.15) is 11.5 Å². The van der Waals surface area contributed by atoms with Gasteiger partial charge in [-0.15, -0.1) is 11.3 Å². The van der Waals surface area contributed by atoms with Crippen LogP contribution in [0.2, 0.25) is 0 Å². The Balaban J connectivity index is 2.00. The van der Waals surface area contributed by atoms with Crippen LogP contribution in [0.1, 0.15) is 32.3 Å². The minimum absolute atomic E-state index is 0.198. The third-order valence-corrected chi connectivity index (χ3v) is 3.66. The second-order valence-corrected chi connectivity index (χ2v) is 5.06. The third-order valence-electron chi connectivity index (χ3n) is 2.65. The van der Waals surface area contributed by atoms with Crippen LogP contribution in [0.5, 0.6) is 0 Å². The summed E-state index contributed by atoms with van der Waals surface area (Å²) in [6.45, 7) is 5.78. The highest BCUT2D eigenvalue weighted by Crippen LogP contribution is 2.20. The molecule has 18 heavy (non-hydrogen) atoms. The fraction of sp³-hybridized carbons (Fsp3) is 0.231. The van der Waals surface area contributed by atoms with Gasteiger partial charge in [-0.05, 0) is 38.5 Å². The molecule has 2 aromatic heterocycles. The van der Waals surface area contributed by atoms with Crippen molar-refractivity contribution in [2.75, 3.05) is 0 Å². The van der Waals surface area contributed by atoms with Crippen molar-refractivity contribution in [3.63, 3.8) is 0 Å². The van der Waals surface area contributed by atoms with E-state index in [1.165, 1.54) is 6.21 Å². The molecular weight excluding hydrogens is 248 g/mol. The highest BCUT2D eigenvalue weighted by Gasteiger charge is 2.11. The first kappa shape index (κ1) is 12.6. The van der Waals surface area contributed by atoms with Crippen LogP contribution in [0.3, 0.4) is 0 Å². The summed E-state index contributed by atoms with van der Waals surface area (Å²) in [5, 5.41) is 5.71. The first-order valence-corrected chi connectivity index (χ1v) is 6.40. The van der Waals surface area contributed by atoms with Crippen LogP contribution < -0.4 is 5.43 Å². The number of carbonyl (C=O) groups is 1. The molecule has 2 aromatic rings. The topological polar surface area (TPSA) is 54.6 Å². The molecule has 0 atom stereocenters. The molecule has 2 rings (SSSR count). The molecule has 0 saturated heterocycles. The molecule has 94 valence electrons. The molecule has 0 saturated carbocycles. The van der Waals surface area contributed by atoms with Crippen LogP contribution in [0, 0.1) is 20.8 Å². The molecule has 4 nitrogen and oxygen atoms in total.